The van der Waals surface area contributed by atoms with Crippen LogP contribution in [0.1, 0.15) is 30.9 Å². The topological polar surface area (TPSA) is 46.5 Å². The van der Waals surface area contributed by atoms with Crippen molar-refractivity contribution in [3.05, 3.63) is 35.4 Å². The Labute approximate surface area is 114 Å². The molecule has 0 atom stereocenters. The molecule has 1 N–H and O–H groups in total. The fraction of sp³-hybridized carbons (Fsp3) is 0.357. The molecule has 6 heteroatoms. The summed E-state index contributed by atoms with van der Waals surface area (Å²) in [7, 11) is 0. The van der Waals surface area contributed by atoms with Crippen molar-refractivity contribution >= 4 is 12.0 Å². The van der Waals surface area contributed by atoms with Crippen LogP contribution in [0.2, 0.25) is 0 Å². The molecule has 0 bridgehead atoms. The van der Waals surface area contributed by atoms with E-state index in [1.54, 1.807) is 0 Å². The fourth-order valence-corrected chi connectivity index (χ4v) is 1.46. The van der Waals surface area contributed by atoms with Crippen LogP contribution in [0.25, 0.3) is 6.08 Å². The first-order valence-electron chi connectivity index (χ1n) is 6.09. The SMILES string of the molecule is CCCCOc1cc(C(F)(F)F)ccc1C=CC(=O)O. The lowest BCUT2D eigenvalue weighted by Crippen LogP contribution is -2.06. The van der Waals surface area contributed by atoms with Gasteiger partial charge < -0.3 is 9.84 Å². The molecule has 0 unspecified atom stereocenters. The Hall–Kier alpha value is -1.98. The van der Waals surface area contributed by atoms with Gasteiger partial charge in [-0.05, 0) is 24.6 Å². The van der Waals surface area contributed by atoms with Crippen LogP contribution < -0.4 is 4.74 Å². The first kappa shape index (κ1) is 16.1. The van der Waals surface area contributed by atoms with Crippen LogP contribution in [-0.2, 0) is 11.0 Å². The van der Waals surface area contributed by atoms with Crippen LogP contribution in [0, 0.1) is 0 Å². The van der Waals surface area contributed by atoms with Crippen LogP contribution in [-0.4, -0.2) is 17.7 Å². The largest absolute Gasteiger partial charge is 0.493 e. The standard InChI is InChI=1S/C14H15F3O3/c1-2-3-8-20-12-9-11(14(15,16)17)6-4-10(12)5-7-13(18)19/h4-7,9H,2-3,8H2,1H3,(H,18,19). The molecule has 0 aliphatic carbocycles. The third-order valence-electron chi connectivity index (χ3n) is 2.50. The van der Waals surface area contributed by atoms with Gasteiger partial charge in [-0.15, -0.1) is 0 Å². The number of unbranched alkanes of at least 4 members (excludes halogenated alkanes) is 1. The van der Waals surface area contributed by atoms with Crippen molar-refractivity contribution in [3.8, 4) is 5.75 Å². The van der Waals surface area contributed by atoms with Gasteiger partial charge >= 0.3 is 12.1 Å². The number of halogens is 3. The minimum Gasteiger partial charge on any atom is -0.493 e. The van der Waals surface area contributed by atoms with Gasteiger partial charge in [0.2, 0.25) is 0 Å². The highest BCUT2D eigenvalue weighted by molar-refractivity contribution is 5.85. The van der Waals surface area contributed by atoms with E-state index in [4.69, 9.17) is 9.84 Å². The van der Waals surface area contributed by atoms with Crippen molar-refractivity contribution in [1.82, 2.24) is 0 Å². The smallest absolute Gasteiger partial charge is 0.416 e. The molecule has 0 fully saturated rings. The Morgan fingerprint density at radius 2 is 2.10 bits per heavy atom. The molecule has 1 aromatic rings. The Morgan fingerprint density at radius 3 is 2.65 bits per heavy atom. The van der Waals surface area contributed by atoms with E-state index in [0.717, 1.165) is 24.6 Å². The highest BCUT2D eigenvalue weighted by Gasteiger charge is 2.31. The molecule has 3 nitrogen and oxygen atoms in total. The minimum atomic E-state index is -4.46. The zero-order valence-electron chi connectivity index (χ0n) is 10.9. The third kappa shape index (κ3) is 4.95. The summed E-state index contributed by atoms with van der Waals surface area (Å²) in [5.74, 6) is -1.14. The molecule has 0 heterocycles. The zero-order valence-corrected chi connectivity index (χ0v) is 10.9. The molecule has 20 heavy (non-hydrogen) atoms. The quantitative estimate of drug-likeness (QED) is 0.636. The summed E-state index contributed by atoms with van der Waals surface area (Å²) in [6.07, 6.45) is -0.839. The first-order valence-corrected chi connectivity index (χ1v) is 6.09. The normalized spacial score (nSPS) is 11.8. The van der Waals surface area contributed by atoms with Crippen LogP contribution in [0.3, 0.4) is 0 Å². The zero-order chi connectivity index (χ0) is 15.2. The molecule has 110 valence electrons. The average molecular weight is 288 g/mol. The number of hydrogen-bond donors (Lipinski definition) is 1. The number of aliphatic carboxylic acids is 1. The van der Waals surface area contributed by atoms with Gasteiger partial charge in [0.15, 0.2) is 0 Å². The monoisotopic (exact) mass is 288 g/mol. The van der Waals surface area contributed by atoms with E-state index in [1.807, 2.05) is 6.92 Å². The molecular weight excluding hydrogens is 273 g/mol. The Morgan fingerprint density at radius 1 is 1.40 bits per heavy atom. The van der Waals surface area contributed by atoms with Crippen molar-refractivity contribution in [1.29, 1.82) is 0 Å². The predicted molar refractivity (Wildman–Crippen MR) is 68.5 cm³/mol. The number of carbonyl (C=O) groups is 1. The van der Waals surface area contributed by atoms with E-state index < -0.39 is 17.7 Å². The van der Waals surface area contributed by atoms with E-state index in [1.165, 1.54) is 12.1 Å². The molecule has 0 aromatic heterocycles. The van der Waals surface area contributed by atoms with Crippen LogP contribution in [0.15, 0.2) is 24.3 Å². The number of benzene rings is 1. The molecule has 0 amide bonds. The molecule has 1 aromatic carbocycles. The van der Waals surface area contributed by atoms with Crippen molar-refractivity contribution in [2.45, 2.75) is 25.9 Å². The number of rotatable bonds is 6. The highest BCUT2D eigenvalue weighted by atomic mass is 19.4. The third-order valence-corrected chi connectivity index (χ3v) is 2.50. The molecule has 0 spiro atoms. The Kier molecular flexibility index (Phi) is 5.61. The van der Waals surface area contributed by atoms with E-state index in [9.17, 15) is 18.0 Å². The van der Waals surface area contributed by atoms with Gasteiger partial charge in [-0.2, -0.15) is 13.2 Å². The number of carboxylic acid groups (broad SMARTS) is 1. The van der Waals surface area contributed by atoms with Gasteiger partial charge in [0.05, 0.1) is 12.2 Å². The summed E-state index contributed by atoms with van der Waals surface area (Å²) < 4.78 is 43.2. The lowest BCUT2D eigenvalue weighted by molar-refractivity contribution is -0.137. The van der Waals surface area contributed by atoms with E-state index in [2.05, 4.69) is 0 Å². The molecule has 0 saturated carbocycles. The average Bonchev–Trinajstić information content (AvgIpc) is 2.36. The number of hydrogen-bond acceptors (Lipinski definition) is 2. The lowest BCUT2D eigenvalue weighted by atomic mass is 10.1. The summed E-state index contributed by atoms with van der Waals surface area (Å²) in [6, 6.07) is 2.98. The van der Waals surface area contributed by atoms with Crippen LogP contribution >= 0.6 is 0 Å². The van der Waals surface area contributed by atoms with Crippen LogP contribution in [0.5, 0.6) is 5.75 Å². The van der Waals surface area contributed by atoms with Gasteiger partial charge in [-0.25, -0.2) is 4.79 Å². The summed E-state index contributed by atoms with van der Waals surface area (Å²) in [5, 5.41) is 8.56. The van der Waals surface area contributed by atoms with Gasteiger partial charge in [-0.3, -0.25) is 0 Å². The van der Waals surface area contributed by atoms with Crippen molar-refractivity contribution < 1.29 is 27.8 Å². The molecule has 1 rings (SSSR count). The summed E-state index contributed by atoms with van der Waals surface area (Å²) in [4.78, 5) is 10.5. The maximum Gasteiger partial charge on any atom is 0.416 e. The van der Waals surface area contributed by atoms with Crippen molar-refractivity contribution in [3.63, 3.8) is 0 Å². The van der Waals surface area contributed by atoms with E-state index >= 15 is 0 Å². The minimum absolute atomic E-state index is 0.0331. The molecule has 0 aliphatic heterocycles. The predicted octanol–water partition coefficient (Wildman–Crippen LogP) is 3.98. The lowest BCUT2D eigenvalue weighted by Gasteiger charge is -2.12. The second kappa shape index (κ2) is 6.98. The summed E-state index contributed by atoms with van der Waals surface area (Å²) in [5.41, 5.74) is -0.520. The molecule has 0 aliphatic rings. The molecular formula is C14H15F3O3. The number of alkyl halides is 3. The van der Waals surface area contributed by atoms with Crippen molar-refractivity contribution in [2.75, 3.05) is 6.61 Å². The van der Waals surface area contributed by atoms with Gasteiger partial charge in [0, 0.05) is 11.6 Å². The van der Waals surface area contributed by atoms with E-state index in [-0.39, 0.29) is 12.4 Å². The Bertz CT molecular complexity index is 493. The first-order chi connectivity index (χ1) is 9.34. The second-order valence-corrected chi connectivity index (χ2v) is 4.12. The maximum atomic E-state index is 12.6. The van der Waals surface area contributed by atoms with Gasteiger partial charge in [0.25, 0.3) is 0 Å². The second-order valence-electron chi connectivity index (χ2n) is 4.12. The van der Waals surface area contributed by atoms with Crippen LogP contribution in [0.4, 0.5) is 13.2 Å². The highest BCUT2D eigenvalue weighted by Crippen LogP contribution is 2.33. The fourth-order valence-electron chi connectivity index (χ4n) is 1.46. The summed E-state index contributed by atoms with van der Waals surface area (Å²) >= 11 is 0. The number of ether oxygens (including phenoxy) is 1. The molecule has 0 saturated heterocycles. The number of carboxylic acids is 1. The maximum absolute atomic E-state index is 12.6. The Balaban J connectivity index is 3.06. The summed E-state index contributed by atoms with van der Waals surface area (Å²) in [6.45, 7) is 2.21. The molecule has 0 radical (unpaired) electrons. The van der Waals surface area contributed by atoms with Gasteiger partial charge in [0.1, 0.15) is 5.75 Å². The van der Waals surface area contributed by atoms with Gasteiger partial charge in [-0.1, -0.05) is 19.4 Å². The van der Waals surface area contributed by atoms with Crippen molar-refractivity contribution in [2.24, 2.45) is 0 Å². The van der Waals surface area contributed by atoms with E-state index in [0.29, 0.717) is 12.0 Å².